The maximum atomic E-state index is 6.15. The van der Waals surface area contributed by atoms with Gasteiger partial charge in [0, 0.05) is 49.0 Å². The van der Waals surface area contributed by atoms with Crippen molar-refractivity contribution in [2.75, 3.05) is 0 Å². The van der Waals surface area contributed by atoms with Crippen LogP contribution >= 0.6 is 0 Å². The lowest BCUT2D eigenvalue weighted by molar-refractivity contribution is 0.669. The van der Waals surface area contributed by atoms with Gasteiger partial charge in [0.1, 0.15) is 11.2 Å². The fraction of sp³-hybridized carbons (Fsp3) is 0. The molecule has 0 fully saturated rings. The zero-order valence-electron chi connectivity index (χ0n) is 26.2. The van der Waals surface area contributed by atoms with Gasteiger partial charge in [-0.2, -0.15) is 0 Å². The van der Waals surface area contributed by atoms with Gasteiger partial charge in [-0.1, -0.05) is 91.0 Å². The van der Waals surface area contributed by atoms with E-state index in [4.69, 9.17) is 14.4 Å². The monoisotopic (exact) mass is 626 g/mol. The second-order valence-electron chi connectivity index (χ2n) is 12.6. The van der Waals surface area contributed by atoms with E-state index >= 15 is 0 Å². The minimum Gasteiger partial charge on any atom is -0.456 e. The number of benzene rings is 7. The van der Waals surface area contributed by atoms with Crippen LogP contribution in [0.15, 0.2) is 162 Å². The average molecular weight is 627 g/mol. The Morgan fingerprint density at radius 1 is 0.388 bits per heavy atom. The van der Waals surface area contributed by atoms with Gasteiger partial charge in [-0.25, -0.2) is 9.97 Å². The molecule has 4 heterocycles. The molecule has 5 heteroatoms. The van der Waals surface area contributed by atoms with Crippen LogP contribution < -0.4 is 0 Å². The van der Waals surface area contributed by atoms with Crippen molar-refractivity contribution in [3.8, 4) is 22.9 Å². The molecule has 5 nitrogen and oxygen atoms in total. The molecule has 0 atom stereocenters. The molecule has 0 amide bonds. The topological polar surface area (TPSA) is 48.8 Å². The Hall–Kier alpha value is -6.72. The van der Waals surface area contributed by atoms with E-state index in [1.807, 2.05) is 18.2 Å². The molecule has 7 aromatic carbocycles. The van der Waals surface area contributed by atoms with Crippen molar-refractivity contribution in [3.63, 3.8) is 0 Å². The largest absolute Gasteiger partial charge is 0.456 e. The van der Waals surface area contributed by atoms with E-state index in [-0.39, 0.29) is 0 Å². The van der Waals surface area contributed by atoms with E-state index in [1.54, 1.807) is 0 Å². The minimum absolute atomic E-state index is 0.640. The first-order chi connectivity index (χ1) is 24.3. The van der Waals surface area contributed by atoms with Crippen molar-refractivity contribution in [2.24, 2.45) is 0 Å². The zero-order chi connectivity index (χ0) is 32.1. The molecule has 0 unspecified atom stereocenters. The molecule has 0 spiro atoms. The lowest BCUT2D eigenvalue weighted by atomic mass is 10.0. The van der Waals surface area contributed by atoms with Crippen molar-refractivity contribution in [1.82, 2.24) is 19.1 Å². The number of furan rings is 1. The van der Waals surface area contributed by atoms with Crippen molar-refractivity contribution in [3.05, 3.63) is 158 Å². The Balaban J connectivity index is 1.17. The normalized spacial score (nSPS) is 12.1. The number of rotatable bonds is 3. The molecule has 0 aliphatic rings. The van der Waals surface area contributed by atoms with E-state index in [2.05, 4.69) is 149 Å². The van der Waals surface area contributed by atoms with Gasteiger partial charge in [-0.3, -0.25) is 4.57 Å². The molecule has 0 N–H and O–H groups in total. The van der Waals surface area contributed by atoms with Crippen LogP contribution in [0.1, 0.15) is 0 Å². The number of nitrogens with zero attached hydrogens (tertiary/aromatic N) is 4. The Labute approximate surface area is 279 Å². The number of hydrogen-bond donors (Lipinski definition) is 0. The van der Waals surface area contributed by atoms with Crippen LogP contribution in [0, 0.1) is 0 Å². The fourth-order valence-electron chi connectivity index (χ4n) is 7.77. The summed E-state index contributed by atoms with van der Waals surface area (Å²) in [5.41, 5.74) is 10.2. The van der Waals surface area contributed by atoms with Gasteiger partial charge in [0.05, 0.1) is 33.3 Å². The first-order valence-corrected chi connectivity index (χ1v) is 16.5. The van der Waals surface area contributed by atoms with Crippen LogP contribution in [-0.4, -0.2) is 19.1 Å². The summed E-state index contributed by atoms with van der Waals surface area (Å²) in [5.74, 6) is 0.640. The first kappa shape index (κ1) is 26.4. The van der Waals surface area contributed by atoms with Crippen LogP contribution in [0.3, 0.4) is 0 Å². The van der Waals surface area contributed by atoms with Crippen LogP contribution in [-0.2, 0) is 0 Å². The molecular formula is C44H26N4O. The summed E-state index contributed by atoms with van der Waals surface area (Å²) < 4.78 is 10.7. The highest BCUT2D eigenvalue weighted by Crippen LogP contribution is 2.38. The van der Waals surface area contributed by atoms with Crippen molar-refractivity contribution in [2.45, 2.75) is 0 Å². The molecule has 0 radical (unpaired) electrons. The maximum absolute atomic E-state index is 6.15. The van der Waals surface area contributed by atoms with Gasteiger partial charge in [-0.15, -0.1) is 0 Å². The van der Waals surface area contributed by atoms with Gasteiger partial charge in [-0.05, 0) is 66.7 Å². The molecular weight excluding hydrogens is 601 g/mol. The minimum atomic E-state index is 0.640. The smallest absolute Gasteiger partial charge is 0.235 e. The van der Waals surface area contributed by atoms with E-state index in [9.17, 15) is 0 Å². The SMILES string of the molecule is c1ccc2c(-c3ccc4oc5ccccc5c4c3)nc(-n3c4ccccc4c4cc(-n5c6ccccc6c6ccccc65)ccc43)nc2c1. The maximum Gasteiger partial charge on any atom is 0.235 e. The lowest BCUT2D eigenvalue weighted by Gasteiger charge is -2.12. The molecule has 0 saturated heterocycles. The molecule has 4 aromatic heterocycles. The quantitative estimate of drug-likeness (QED) is 0.196. The average Bonchev–Trinajstić information content (AvgIpc) is 3.81. The number of hydrogen-bond acceptors (Lipinski definition) is 3. The Kier molecular flexibility index (Phi) is 5.32. The van der Waals surface area contributed by atoms with Crippen molar-refractivity contribution in [1.29, 1.82) is 0 Å². The molecule has 11 rings (SSSR count). The van der Waals surface area contributed by atoms with Crippen molar-refractivity contribution >= 4 is 76.5 Å². The first-order valence-electron chi connectivity index (χ1n) is 16.5. The molecule has 11 aromatic rings. The van der Waals surface area contributed by atoms with Gasteiger partial charge in [0.25, 0.3) is 0 Å². The summed E-state index contributed by atoms with van der Waals surface area (Å²) in [5, 5.41) is 7.99. The molecule has 0 saturated carbocycles. The number of para-hydroxylation sites is 5. The lowest BCUT2D eigenvalue weighted by Crippen LogP contribution is -2.03. The Bertz CT molecular complexity index is 3070. The molecule has 0 aliphatic heterocycles. The van der Waals surface area contributed by atoms with Gasteiger partial charge in [0.15, 0.2) is 0 Å². The number of fused-ring (bicyclic) bond motifs is 10. The third kappa shape index (κ3) is 3.75. The summed E-state index contributed by atoms with van der Waals surface area (Å²) in [7, 11) is 0. The predicted molar refractivity (Wildman–Crippen MR) is 201 cm³/mol. The zero-order valence-corrected chi connectivity index (χ0v) is 26.2. The fourth-order valence-corrected chi connectivity index (χ4v) is 7.77. The van der Waals surface area contributed by atoms with E-state index in [1.165, 1.54) is 21.8 Å². The van der Waals surface area contributed by atoms with Gasteiger partial charge in [0.2, 0.25) is 5.95 Å². The highest BCUT2D eigenvalue weighted by atomic mass is 16.3. The third-order valence-corrected chi connectivity index (χ3v) is 9.94. The molecule has 0 aliphatic carbocycles. The van der Waals surface area contributed by atoms with Gasteiger partial charge < -0.3 is 8.98 Å². The third-order valence-electron chi connectivity index (χ3n) is 9.94. The summed E-state index contributed by atoms with van der Waals surface area (Å²) in [4.78, 5) is 10.5. The van der Waals surface area contributed by atoms with E-state index in [0.29, 0.717) is 5.95 Å². The van der Waals surface area contributed by atoms with E-state index < -0.39 is 0 Å². The van der Waals surface area contributed by atoms with Crippen LogP contribution in [0.4, 0.5) is 0 Å². The Morgan fingerprint density at radius 2 is 0.959 bits per heavy atom. The van der Waals surface area contributed by atoms with Gasteiger partial charge >= 0.3 is 0 Å². The van der Waals surface area contributed by atoms with Crippen LogP contribution in [0.25, 0.3) is 99.3 Å². The summed E-state index contributed by atoms with van der Waals surface area (Å²) in [6.07, 6.45) is 0. The second kappa shape index (κ2) is 9.89. The molecule has 49 heavy (non-hydrogen) atoms. The van der Waals surface area contributed by atoms with Crippen molar-refractivity contribution < 1.29 is 4.42 Å². The molecule has 228 valence electrons. The van der Waals surface area contributed by atoms with Crippen LogP contribution in [0.5, 0.6) is 0 Å². The highest BCUT2D eigenvalue weighted by molar-refractivity contribution is 6.12. The van der Waals surface area contributed by atoms with Crippen LogP contribution in [0.2, 0.25) is 0 Å². The number of aromatic nitrogens is 4. The second-order valence-corrected chi connectivity index (χ2v) is 12.6. The standard InChI is InChI=1S/C44H26N4O/c1-6-16-36-33(15-1)43(27-21-24-42-35(25-27)32-14-5-10-20-41(32)49-42)46-44(45-36)48-39-19-9-4-13-31(39)34-26-28(22-23-40(34)48)47-37-17-7-2-11-29(37)30-12-3-8-18-38(30)47/h1-26H. The molecule has 0 bridgehead atoms. The summed E-state index contributed by atoms with van der Waals surface area (Å²) in [6, 6.07) is 55.4. The van der Waals surface area contributed by atoms with E-state index in [0.717, 1.165) is 71.6 Å². The predicted octanol–water partition coefficient (Wildman–Crippen LogP) is 11.4. The summed E-state index contributed by atoms with van der Waals surface area (Å²) in [6.45, 7) is 0. The highest BCUT2D eigenvalue weighted by Gasteiger charge is 2.19. The summed E-state index contributed by atoms with van der Waals surface area (Å²) >= 11 is 0. The Morgan fingerprint density at radius 3 is 1.71 bits per heavy atom.